The summed E-state index contributed by atoms with van der Waals surface area (Å²) in [6.07, 6.45) is 5.09. The van der Waals surface area contributed by atoms with E-state index in [1.54, 1.807) is 0 Å². The fourth-order valence-electron chi connectivity index (χ4n) is 3.81. The van der Waals surface area contributed by atoms with Crippen molar-refractivity contribution >= 4 is 0 Å². The summed E-state index contributed by atoms with van der Waals surface area (Å²) in [7, 11) is 0. The molecule has 4 rings (SSSR count). The van der Waals surface area contributed by atoms with Crippen LogP contribution in [0.4, 0.5) is 0 Å². The summed E-state index contributed by atoms with van der Waals surface area (Å²) < 4.78 is 8.05. The molecule has 1 aliphatic rings. The molecule has 0 amide bonds. The second kappa shape index (κ2) is 8.89. The molecule has 5 heteroatoms. The monoisotopic (exact) mass is 390 g/mol. The minimum absolute atomic E-state index is 0.0266. The quantitative estimate of drug-likeness (QED) is 0.636. The van der Waals surface area contributed by atoms with Gasteiger partial charge in [-0.15, -0.1) is 0 Å². The van der Waals surface area contributed by atoms with Crippen molar-refractivity contribution in [1.29, 1.82) is 0 Å². The lowest BCUT2D eigenvalue weighted by molar-refractivity contribution is -0.0350. The molecule has 29 heavy (non-hydrogen) atoms. The van der Waals surface area contributed by atoms with Crippen LogP contribution in [0.3, 0.4) is 0 Å². The molecule has 0 spiro atoms. The Bertz CT molecular complexity index is 931. The van der Waals surface area contributed by atoms with Crippen molar-refractivity contribution in [1.82, 2.24) is 19.7 Å². The molecule has 1 aliphatic heterocycles. The highest BCUT2D eigenvalue weighted by Crippen LogP contribution is 2.23. The van der Waals surface area contributed by atoms with Crippen molar-refractivity contribution < 1.29 is 4.74 Å². The summed E-state index contributed by atoms with van der Waals surface area (Å²) in [5.74, 6) is 0. The Kier molecular flexibility index (Phi) is 6.07. The normalized spacial score (nSPS) is 17.6. The number of morpholine rings is 1. The molecule has 0 bridgehead atoms. The zero-order chi connectivity index (χ0) is 20.2. The summed E-state index contributed by atoms with van der Waals surface area (Å²) in [5, 5.41) is 4.57. The number of hydrogen-bond acceptors (Lipinski definition) is 4. The lowest BCUT2D eigenvalue weighted by atomic mass is 10.0. The van der Waals surface area contributed by atoms with E-state index in [2.05, 4.69) is 73.4 Å². The van der Waals surface area contributed by atoms with Gasteiger partial charge in [-0.2, -0.15) is 5.10 Å². The summed E-state index contributed by atoms with van der Waals surface area (Å²) in [6, 6.07) is 13.0. The highest BCUT2D eigenvalue weighted by molar-refractivity contribution is 5.28. The number of hydrogen-bond donors (Lipinski definition) is 0. The van der Waals surface area contributed by atoms with Crippen LogP contribution in [-0.4, -0.2) is 39.4 Å². The minimum Gasteiger partial charge on any atom is -0.369 e. The van der Waals surface area contributed by atoms with Crippen LogP contribution in [0.5, 0.6) is 0 Å². The molecular weight excluding hydrogens is 360 g/mol. The van der Waals surface area contributed by atoms with Gasteiger partial charge in [0.2, 0.25) is 0 Å². The summed E-state index contributed by atoms with van der Waals surface area (Å²) in [6.45, 7) is 10.7. The highest BCUT2D eigenvalue weighted by atomic mass is 16.5. The first-order valence-corrected chi connectivity index (χ1v) is 10.5. The first-order valence-electron chi connectivity index (χ1n) is 10.5. The Hall–Kier alpha value is -2.50. The van der Waals surface area contributed by atoms with Gasteiger partial charge in [-0.1, -0.05) is 35.9 Å². The minimum atomic E-state index is 0.0266. The van der Waals surface area contributed by atoms with Gasteiger partial charge >= 0.3 is 0 Å². The molecule has 0 N–H and O–H groups in total. The predicted octanol–water partition coefficient (Wildman–Crippen LogP) is 4.08. The zero-order valence-electron chi connectivity index (χ0n) is 17.6. The molecule has 0 aliphatic carbocycles. The molecular formula is C24H30N4O. The van der Waals surface area contributed by atoms with Crippen LogP contribution in [0.1, 0.15) is 46.7 Å². The average Bonchev–Trinajstić information content (AvgIpc) is 3.10. The van der Waals surface area contributed by atoms with Crippen LogP contribution in [0.15, 0.2) is 48.8 Å². The average molecular weight is 391 g/mol. The molecule has 3 heterocycles. The summed E-state index contributed by atoms with van der Waals surface area (Å²) in [5.41, 5.74) is 7.27. The van der Waals surface area contributed by atoms with Gasteiger partial charge in [0.1, 0.15) is 6.10 Å². The van der Waals surface area contributed by atoms with Crippen LogP contribution >= 0.6 is 0 Å². The molecule has 1 atom stereocenters. The van der Waals surface area contributed by atoms with Gasteiger partial charge in [-0.3, -0.25) is 14.6 Å². The maximum absolute atomic E-state index is 6.03. The lowest BCUT2D eigenvalue weighted by Gasteiger charge is -2.32. The van der Waals surface area contributed by atoms with Gasteiger partial charge in [0.15, 0.2) is 0 Å². The Morgan fingerprint density at radius 3 is 2.55 bits per heavy atom. The first kappa shape index (κ1) is 19.8. The second-order valence-electron chi connectivity index (χ2n) is 7.94. The van der Waals surface area contributed by atoms with E-state index in [-0.39, 0.29) is 6.10 Å². The Morgan fingerprint density at radius 1 is 1.07 bits per heavy atom. The van der Waals surface area contributed by atoms with Gasteiger partial charge in [0.25, 0.3) is 0 Å². The van der Waals surface area contributed by atoms with Crippen LogP contribution in [0, 0.1) is 13.8 Å². The van der Waals surface area contributed by atoms with E-state index in [1.165, 1.54) is 22.3 Å². The second-order valence-corrected chi connectivity index (χ2v) is 7.94. The van der Waals surface area contributed by atoms with Crippen molar-refractivity contribution in [2.75, 3.05) is 19.7 Å². The molecule has 1 fully saturated rings. The number of aryl methyl sites for hydroxylation is 3. The molecule has 0 saturated carbocycles. The van der Waals surface area contributed by atoms with E-state index < -0.39 is 0 Å². The molecule has 2 aromatic heterocycles. The third kappa shape index (κ3) is 4.92. The van der Waals surface area contributed by atoms with E-state index in [0.29, 0.717) is 0 Å². The van der Waals surface area contributed by atoms with E-state index >= 15 is 0 Å². The van der Waals surface area contributed by atoms with E-state index in [1.807, 2.05) is 10.9 Å². The highest BCUT2D eigenvalue weighted by Gasteiger charge is 2.24. The summed E-state index contributed by atoms with van der Waals surface area (Å²) in [4.78, 5) is 7.17. The maximum atomic E-state index is 6.03. The molecule has 1 aromatic carbocycles. The van der Waals surface area contributed by atoms with Gasteiger partial charge in [0, 0.05) is 44.1 Å². The van der Waals surface area contributed by atoms with Crippen LogP contribution in [0.25, 0.3) is 0 Å². The Morgan fingerprint density at radius 2 is 1.86 bits per heavy atom. The van der Waals surface area contributed by atoms with Gasteiger partial charge in [-0.05, 0) is 44.4 Å². The van der Waals surface area contributed by atoms with Crippen LogP contribution < -0.4 is 0 Å². The Balaban J connectivity index is 1.38. The fraction of sp³-hybridized carbons (Fsp3) is 0.417. The topological polar surface area (TPSA) is 43.2 Å². The van der Waals surface area contributed by atoms with E-state index in [4.69, 9.17) is 9.72 Å². The van der Waals surface area contributed by atoms with Gasteiger partial charge < -0.3 is 4.74 Å². The van der Waals surface area contributed by atoms with Gasteiger partial charge in [-0.25, -0.2) is 0 Å². The molecule has 152 valence electrons. The van der Waals surface area contributed by atoms with Crippen molar-refractivity contribution in [2.24, 2.45) is 0 Å². The smallest absolute Gasteiger partial charge is 0.112 e. The van der Waals surface area contributed by atoms with E-state index in [0.717, 1.165) is 50.6 Å². The molecule has 1 saturated heterocycles. The molecule has 0 radical (unpaired) electrons. The number of benzene rings is 1. The molecule has 3 aromatic rings. The number of aromatic nitrogens is 3. The van der Waals surface area contributed by atoms with Crippen LogP contribution in [0.2, 0.25) is 0 Å². The third-order valence-electron chi connectivity index (χ3n) is 5.62. The Labute approximate surface area is 173 Å². The first-order chi connectivity index (χ1) is 14.1. The van der Waals surface area contributed by atoms with Crippen LogP contribution in [-0.2, 0) is 24.2 Å². The third-order valence-corrected chi connectivity index (χ3v) is 5.62. The van der Waals surface area contributed by atoms with E-state index in [9.17, 15) is 0 Å². The van der Waals surface area contributed by atoms with Gasteiger partial charge in [0.05, 0.1) is 18.0 Å². The summed E-state index contributed by atoms with van der Waals surface area (Å²) >= 11 is 0. The molecule has 5 nitrogen and oxygen atoms in total. The number of pyridine rings is 1. The van der Waals surface area contributed by atoms with Crippen molar-refractivity contribution in [3.8, 4) is 0 Å². The zero-order valence-corrected chi connectivity index (χ0v) is 17.6. The fourth-order valence-corrected chi connectivity index (χ4v) is 3.81. The molecule has 0 unspecified atom stereocenters. The number of rotatable bonds is 6. The maximum Gasteiger partial charge on any atom is 0.112 e. The standard InChI is InChI=1S/C24H30N4O/c1-4-28-16-22(19(3)26-28)15-27-11-12-29-24(17-27)23-10-9-21(14-25-23)13-20-7-5-18(2)6-8-20/h5-10,14,16,24H,4,11-13,15,17H2,1-3H3/t24-/m1/s1. The van der Waals surface area contributed by atoms with Crippen molar-refractivity contribution in [3.63, 3.8) is 0 Å². The van der Waals surface area contributed by atoms with Crippen molar-refractivity contribution in [2.45, 2.75) is 46.4 Å². The predicted molar refractivity (Wildman–Crippen MR) is 115 cm³/mol. The number of nitrogens with zero attached hydrogens (tertiary/aromatic N) is 4. The SMILES string of the molecule is CCn1cc(CN2CCO[C@@H](c3ccc(Cc4ccc(C)cc4)cn3)C2)c(C)n1. The lowest BCUT2D eigenvalue weighted by Crippen LogP contribution is -2.38. The largest absolute Gasteiger partial charge is 0.369 e. The van der Waals surface area contributed by atoms with Crippen molar-refractivity contribution in [3.05, 3.63) is 82.4 Å². The number of ether oxygens (including phenoxy) is 1.